The molecule has 0 spiro atoms. The van der Waals surface area contributed by atoms with E-state index in [-0.39, 0.29) is 16.7 Å². The highest BCUT2D eigenvalue weighted by Gasteiger charge is 2.13. The summed E-state index contributed by atoms with van der Waals surface area (Å²) in [6.07, 6.45) is 1.27. The average Bonchev–Trinajstić information content (AvgIpc) is 2.20. The van der Waals surface area contributed by atoms with Crippen LogP contribution in [0.15, 0.2) is 6.07 Å². The Morgan fingerprint density at radius 2 is 1.64 bits per heavy atom. The molecular formula is C10H8O4. The van der Waals surface area contributed by atoms with Crippen molar-refractivity contribution in [1.29, 1.82) is 0 Å². The molecular weight excluding hydrogens is 184 g/mol. The van der Waals surface area contributed by atoms with Gasteiger partial charge < -0.3 is 5.11 Å². The standard InChI is InChI=1S/C10H8O4/c1-6-2-7(3-11)10(14)9(5-13)8(6)4-12/h2-5,14H,1H3. The van der Waals surface area contributed by atoms with Crippen LogP contribution in [0.1, 0.15) is 36.6 Å². The van der Waals surface area contributed by atoms with Gasteiger partial charge in [-0.05, 0) is 18.6 Å². The van der Waals surface area contributed by atoms with Crippen molar-refractivity contribution < 1.29 is 19.5 Å². The first-order chi connectivity index (χ1) is 6.65. The second-order valence-electron chi connectivity index (χ2n) is 2.81. The summed E-state index contributed by atoms with van der Waals surface area (Å²) < 4.78 is 0. The number of hydrogen-bond donors (Lipinski definition) is 1. The molecule has 0 radical (unpaired) electrons. The SMILES string of the molecule is Cc1cc(C=O)c(O)c(C=O)c1C=O. The highest BCUT2D eigenvalue weighted by molar-refractivity contribution is 5.98. The number of phenols is 1. The van der Waals surface area contributed by atoms with Gasteiger partial charge in [0.1, 0.15) is 5.75 Å². The fraction of sp³-hybridized carbons (Fsp3) is 0.100. The van der Waals surface area contributed by atoms with Gasteiger partial charge in [0.05, 0.1) is 11.1 Å². The van der Waals surface area contributed by atoms with Crippen molar-refractivity contribution in [3.63, 3.8) is 0 Å². The Labute approximate surface area is 80.2 Å². The second kappa shape index (κ2) is 3.83. The monoisotopic (exact) mass is 192 g/mol. The van der Waals surface area contributed by atoms with Gasteiger partial charge in [0.25, 0.3) is 0 Å². The molecule has 0 aliphatic heterocycles. The fourth-order valence-electron chi connectivity index (χ4n) is 1.24. The van der Waals surface area contributed by atoms with Crippen LogP contribution in [0.5, 0.6) is 5.75 Å². The van der Waals surface area contributed by atoms with Crippen LogP contribution in [0, 0.1) is 6.92 Å². The zero-order chi connectivity index (χ0) is 10.7. The Morgan fingerprint density at radius 1 is 1.07 bits per heavy atom. The van der Waals surface area contributed by atoms with Gasteiger partial charge in [0, 0.05) is 5.56 Å². The van der Waals surface area contributed by atoms with Crippen molar-refractivity contribution in [1.82, 2.24) is 0 Å². The quantitative estimate of drug-likeness (QED) is 0.729. The zero-order valence-corrected chi connectivity index (χ0v) is 7.48. The van der Waals surface area contributed by atoms with Crippen LogP contribution in [-0.2, 0) is 0 Å². The molecule has 1 rings (SSSR count). The van der Waals surface area contributed by atoms with Gasteiger partial charge in [0.15, 0.2) is 18.9 Å². The van der Waals surface area contributed by atoms with Crippen LogP contribution in [0.4, 0.5) is 0 Å². The summed E-state index contributed by atoms with van der Waals surface area (Å²) in [5.74, 6) is -0.442. The third-order valence-electron chi connectivity index (χ3n) is 1.98. The first-order valence-corrected chi connectivity index (χ1v) is 3.87. The van der Waals surface area contributed by atoms with Crippen LogP contribution in [0.3, 0.4) is 0 Å². The molecule has 0 aliphatic carbocycles. The average molecular weight is 192 g/mol. The smallest absolute Gasteiger partial charge is 0.154 e. The first kappa shape index (κ1) is 10.1. The molecule has 0 saturated heterocycles. The maximum absolute atomic E-state index is 10.6. The van der Waals surface area contributed by atoms with Crippen LogP contribution in [-0.4, -0.2) is 24.0 Å². The number of carbonyl (C=O) groups excluding carboxylic acids is 3. The van der Waals surface area contributed by atoms with Gasteiger partial charge in [-0.1, -0.05) is 0 Å². The topological polar surface area (TPSA) is 71.4 Å². The lowest BCUT2D eigenvalue weighted by atomic mass is 9.99. The van der Waals surface area contributed by atoms with Gasteiger partial charge in [-0.25, -0.2) is 0 Å². The van der Waals surface area contributed by atoms with E-state index in [1.54, 1.807) is 6.92 Å². The van der Waals surface area contributed by atoms with E-state index in [4.69, 9.17) is 0 Å². The number of aryl methyl sites for hydroxylation is 1. The number of hydrogen-bond acceptors (Lipinski definition) is 4. The van der Waals surface area contributed by atoms with Crippen LogP contribution in [0.2, 0.25) is 0 Å². The minimum absolute atomic E-state index is 0.00944. The number of aromatic hydroxyl groups is 1. The molecule has 0 amide bonds. The lowest BCUT2D eigenvalue weighted by molar-refractivity contribution is 0.109. The Balaban J connectivity index is 3.63. The zero-order valence-electron chi connectivity index (χ0n) is 7.48. The highest BCUT2D eigenvalue weighted by Crippen LogP contribution is 2.25. The molecule has 0 bridgehead atoms. The number of phenolic OH excluding ortho intramolecular Hbond substituents is 1. The van der Waals surface area contributed by atoms with E-state index in [1.165, 1.54) is 6.07 Å². The number of carbonyl (C=O) groups is 3. The molecule has 72 valence electrons. The van der Waals surface area contributed by atoms with E-state index in [9.17, 15) is 19.5 Å². The third kappa shape index (κ3) is 1.42. The van der Waals surface area contributed by atoms with Crippen molar-refractivity contribution in [3.8, 4) is 5.75 Å². The van der Waals surface area contributed by atoms with E-state index >= 15 is 0 Å². The van der Waals surface area contributed by atoms with Gasteiger partial charge in [0.2, 0.25) is 0 Å². The highest BCUT2D eigenvalue weighted by atomic mass is 16.3. The molecule has 0 fully saturated rings. The summed E-state index contributed by atoms with van der Waals surface area (Å²) in [5.41, 5.74) is 0.474. The molecule has 0 unspecified atom stereocenters. The summed E-state index contributed by atoms with van der Waals surface area (Å²) in [7, 11) is 0. The van der Waals surface area contributed by atoms with E-state index in [1.807, 2.05) is 0 Å². The molecule has 1 aromatic rings. The second-order valence-corrected chi connectivity index (χ2v) is 2.81. The fourth-order valence-corrected chi connectivity index (χ4v) is 1.24. The summed E-state index contributed by atoms with van der Waals surface area (Å²) in [5, 5.41) is 9.40. The normalized spacial score (nSPS) is 9.50. The number of rotatable bonds is 3. The van der Waals surface area contributed by atoms with E-state index in [0.29, 0.717) is 24.4 Å². The van der Waals surface area contributed by atoms with Gasteiger partial charge in [-0.2, -0.15) is 0 Å². The molecule has 0 aliphatic rings. The van der Waals surface area contributed by atoms with Gasteiger partial charge >= 0.3 is 0 Å². The molecule has 0 atom stereocenters. The molecule has 0 heterocycles. The predicted octanol–water partition coefficient (Wildman–Crippen LogP) is 1.14. The third-order valence-corrected chi connectivity index (χ3v) is 1.98. The van der Waals surface area contributed by atoms with Crippen LogP contribution in [0.25, 0.3) is 0 Å². The Kier molecular flexibility index (Phi) is 2.76. The van der Waals surface area contributed by atoms with E-state index < -0.39 is 5.75 Å². The molecule has 0 saturated carbocycles. The number of aldehydes is 3. The van der Waals surface area contributed by atoms with Crippen molar-refractivity contribution in [2.24, 2.45) is 0 Å². The summed E-state index contributed by atoms with van der Waals surface area (Å²) >= 11 is 0. The van der Waals surface area contributed by atoms with Crippen LogP contribution >= 0.6 is 0 Å². The van der Waals surface area contributed by atoms with Gasteiger partial charge in [-0.15, -0.1) is 0 Å². The summed E-state index contributed by atoms with van der Waals surface area (Å²) in [6, 6.07) is 1.36. The van der Waals surface area contributed by atoms with Crippen molar-refractivity contribution in [2.45, 2.75) is 6.92 Å². The van der Waals surface area contributed by atoms with Crippen molar-refractivity contribution in [2.75, 3.05) is 0 Å². The molecule has 1 aromatic carbocycles. The Bertz CT molecular complexity index is 407. The number of benzene rings is 1. The van der Waals surface area contributed by atoms with E-state index in [0.717, 1.165) is 0 Å². The summed E-state index contributed by atoms with van der Waals surface area (Å²) in [4.78, 5) is 31.7. The van der Waals surface area contributed by atoms with E-state index in [2.05, 4.69) is 0 Å². The largest absolute Gasteiger partial charge is 0.506 e. The minimum Gasteiger partial charge on any atom is -0.506 e. The maximum atomic E-state index is 10.6. The lowest BCUT2D eigenvalue weighted by Crippen LogP contribution is -1.98. The molecule has 4 heteroatoms. The van der Waals surface area contributed by atoms with Crippen LogP contribution < -0.4 is 0 Å². The Morgan fingerprint density at radius 3 is 2.07 bits per heavy atom. The van der Waals surface area contributed by atoms with Crippen molar-refractivity contribution >= 4 is 18.9 Å². The van der Waals surface area contributed by atoms with Crippen molar-refractivity contribution in [3.05, 3.63) is 28.3 Å². The lowest BCUT2D eigenvalue weighted by Gasteiger charge is -2.06. The maximum Gasteiger partial charge on any atom is 0.154 e. The molecule has 0 aromatic heterocycles. The predicted molar refractivity (Wildman–Crippen MR) is 49.0 cm³/mol. The first-order valence-electron chi connectivity index (χ1n) is 3.87. The molecule has 4 nitrogen and oxygen atoms in total. The van der Waals surface area contributed by atoms with Gasteiger partial charge in [-0.3, -0.25) is 14.4 Å². The molecule has 1 N–H and O–H groups in total. The Hall–Kier alpha value is -1.97. The minimum atomic E-state index is -0.442. The molecule has 14 heavy (non-hydrogen) atoms. The summed E-state index contributed by atoms with van der Waals surface area (Å²) in [6.45, 7) is 1.59.